The summed E-state index contributed by atoms with van der Waals surface area (Å²) in [5.74, 6) is -0.103. The van der Waals surface area contributed by atoms with Crippen LogP contribution in [0.15, 0.2) is 0 Å². The zero-order chi connectivity index (χ0) is 14.0. The van der Waals surface area contributed by atoms with Crippen LogP contribution in [-0.2, 0) is 9.53 Å². The predicted octanol–water partition coefficient (Wildman–Crippen LogP) is 2.52. The Morgan fingerprint density at radius 1 is 1.42 bits per heavy atom. The van der Waals surface area contributed by atoms with E-state index in [0.29, 0.717) is 5.92 Å². The van der Waals surface area contributed by atoms with Crippen LogP contribution in [0.3, 0.4) is 0 Å². The molecule has 0 saturated carbocycles. The molecule has 0 aromatic heterocycles. The van der Waals surface area contributed by atoms with Crippen LogP contribution in [-0.4, -0.2) is 46.8 Å². The van der Waals surface area contributed by atoms with Crippen LogP contribution in [0.1, 0.15) is 52.9 Å². The number of likely N-dealkylation sites (tertiary alicyclic amines) is 1. The van der Waals surface area contributed by atoms with Crippen molar-refractivity contribution >= 4 is 5.97 Å². The number of nitrogens with zero attached hydrogens (tertiary/aromatic N) is 1. The molecular weight excluding hydrogens is 242 g/mol. The first kappa shape index (κ1) is 14.8. The van der Waals surface area contributed by atoms with Crippen molar-refractivity contribution in [2.24, 2.45) is 5.92 Å². The maximum absolute atomic E-state index is 11.4. The van der Waals surface area contributed by atoms with Crippen LogP contribution < -0.4 is 0 Å². The Morgan fingerprint density at radius 3 is 2.68 bits per heavy atom. The molecule has 0 aromatic carbocycles. The minimum Gasteiger partial charge on any atom is -0.480 e. The van der Waals surface area contributed by atoms with Gasteiger partial charge < -0.3 is 9.84 Å². The first-order chi connectivity index (χ1) is 8.91. The number of piperidine rings is 1. The quantitative estimate of drug-likeness (QED) is 0.852. The Balaban J connectivity index is 1.93. The number of carbonyl (C=O) groups is 1. The fraction of sp³-hybridized carbons (Fsp3) is 0.933. The van der Waals surface area contributed by atoms with E-state index in [9.17, 15) is 9.90 Å². The molecular formula is C15H27NO3. The molecule has 0 amide bonds. The second-order valence-corrected chi connectivity index (χ2v) is 6.69. The van der Waals surface area contributed by atoms with E-state index in [2.05, 4.69) is 25.7 Å². The highest BCUT2D eigenvalue weighted by atomic mass is 16.5. The van der Waals surface area contributed by atoms with Gasteiger partial charge in [0.25, 0.3) is 0 Å². The average molecular weight is 269 g/mol. The maximum Gasteiger partial charge on any atom is 0.320 e. The van der Waals surface area contributed by atoms with Gasteiger partial charge in [-0.15, -0.1) is 0 Å². The molecule has 0 radical (unpaired) electrons. The molecule has 0 aliphatic carbocycles. The summed E-state index contributed by atoms with van der Waals surface area (Å²) in [6.07, 6.45) is 5.33. The Hall–Kier alpha value is -0.610. The smallest absolute Gasteiger partial charge is 0.320 e. The lowest BCUT2D eigenvalue weighted by molar-refractivity contribution is -0.146. The highest BCUT2D eigenvalue weighted by molar-refractivity contribution is 5.73. The van der Waals surface area contributed by atoms with Crippen LogP contribution in [0.4, 0.5) is 0 Å². The number of aliphatic carboxylic acids is 1. The van der Waals surface area contributed by atoms with E-state index in [1.54, 1.807) is 0 Å². The average Bonchev–Trinajstić information content (AvgIpc) is 2.69. The van der Waals surface area contributed by atoms with Crippen molar-refractivity contribution in [3.05, 3.63) is 0 Å². The van der Waals surface area contributed by atoms with E-state index in [-0.39, 0.29) is 17.7 Å². The third kappa shape index (κ3) is 3.69. The topological polar surface area (TPSA) is 49.8 Å². The lowest BCUT2D eigenvalue weighted by Gasteiger charge is -2.38. The predicted molar refractivity (Wildman–Crippen MR) is 74.2 cm³/mol. The van der Waals surface area contributed by atoms with Gasteiger partial charge >= 0.3 is 5.97 Å². The van der Waals surface area contributed by atoms with E-state index >= 15 is 0 Å². The van der Waals surface area contributed by atoms with Crippen molar-refractivity contribution in [2.45, 2.75) is 70.6 Å². The highest BCUT2D eigenvalue weighted by Crippen LogP contribution is 2.32. The van der Waals surface area contributed by atoms with E-state index in [4.69, 9.17) is 4.74 Å². The number of ether oxygens (including phenoxy) is 1. The van der Waals surface area contributed by atoms with Crippen LogP contribution in [0.25, 0.3) is 0 Å². The molecule has 2 fully saturated rings. The first-order valence-corrected chi connectivity index (χ1v) is 7.56. The van der Waals surface area contributed by atoms with E-state index in [0.717, 1.165) is 45.2 Å². The zero-order valence-electron chi connectivity index (χ0n) is 12.4. The van der Waals surface area contributed by atoms with Crippen molar-refractivity contribution in [1.82, 2.24) is 4.90 Å². The molecule has 0 aromatic rings. The summed E-state index contributed by atoms with van der Waals surface area (Å²) in [7, 11) is 0. The molecule has 2 aliphatic heterocycles. The number of rotatable bonds is 4. The summed E-state index contributed by atoms with van der Waals surface area (Å²) in [4.78, 5) is 13.6. The molecule has 2 aliphatic rings. The van der Waals surface area contributed by atoms with Gasteiger partial charge in [0.2, 0.25) is 0 Å². The van der Waals surface area contributed by atoms with Crippen LogP contribution in [0.2, 0.25) is 0 Å². The number of hydrogen-bond acceptors (Lipinski definition) is 3. The molecule has 2 heterocycles. The van der Waals surface area contributed by atoms with Gasteiger partial charge in [0.15, 0.2) is 0 Å². The number of carboxylic acid groups (broad SMARTS) is 1. The van der Waals surface area contributed by atoms with E-state index in [1.807, 2.05) is 0 Å². The van der Waals surface area contributed by atoms with Crippen molar-refractivity contribution in [2.75, 3.05) is 13.1 Å². The fourth-order valence-corrected chi connectivity index (χ4v) is 3.40. The van der Waals surface area contributed by atoms with Gasteiger partial charge in [-0.2, -0.15) is 0 Å². The molecule has 1 N–H and O–H groups in total. The molecule has 110 valence electrons. The molecule has 4 nitrogen and oxygen atoms in total. The van der Waals surface area contributed by atoms with Crippen molar-refractivity contribution in [3.63, 3.8) is 0 Å². The number of carboxylic acids is 1. The number of hydrogen-bond donors (Lipinski definition) is 1. The molecule has 0 spiro atoms. The van der Waals surface area contributed by atoms with Crippen LogP contribution in [0.5, 0.6) is 0 Å². The second-order valence-electron chi connectivity index (χ2n) is 6.69. The van der Waals surface area contributed by atoms with Crippen molar-refractivity contribution in [3.8, 4) is 0 Å². The normalized spacial score (nSPS) is 35.4. The summed E-state index contributed by atoms with van der Waals surface area (Å²) in [5, 5.41) is 9.42. The lowest BCUT2D eigenvalue weighted by Crippen LogP contribution is -2.50. The molecule has 0 bridgehead atoms. The summed E-state index contributed by atoms with van der Waals surface area (Å²) >= 11 is 0. The SMILES string of the molecule is CCC1CCN(CC2CCC(C)(C)O2)C(C(=O)O)C1. The van der Waals surface area contributed by atoms with Crippen LogP contribution >= 0.6 is 0 Å². The molecule has 2 rings (SSSR count). The van der Waals surface area contributed by atoms with Gasteiger partial charge in [-0.3, -0.25) is 9.69 Å². The zero-order valence-corrected chi connectivity index (χ0v) is 12.4. The first-order valence-electron chi connectivity index (χ1n) is 7.56. The van der Waals surface area contributed by atoms with Gasteiger partial charge in [0.1, 0.15) is 6.04 Å². The van der Waals surface area contributed by atoms with Gasteiger partial charge in [0.05, 0.1) is 11.7 Å². The Bertz CT molecular complexity index is 329. The van der Waals surface area contributed by atoms with E-state index in [1.165, 1.54) is 0 Å². The molecule has 3 unspecified atom stereocenters. The fourth-order valence-electron chi connectivity index (χ4n) is 3.40. The Morgan fingerprint density at radius 2 is 2.16 bits per heavy atom. The minimum atomic E-state index is -0.671. The summed E-state index contributed by atoms with van der Waals surface area (Å²) < 4.78 is 6.00. The monoisotopic (exact) mass is 269 g/mol. The third-order valence-corrected chi connectivity index (χ3v) is 4.68. The largest absolute Gasteiger partial charge is 0.480 e. The van der Waals surface area contributed by atoms with Gasteiger partial charge in [-0.25, -0.2) is 0 Å². The minimum absolute atomic E-state index is 0.0366. The molecule has 4 heteroatoms. The standard InChI is InChI=1S/C15H27NO3/c1-4-11-6-8-16(13(9-11)14(17)18)10-12-5-7-15(2,3)19-12/h11-13H,4-10H2,1-3H3,(H,17,18). The lowest BCUT2D eigenvalue weighted by atomic mass is 9.88. The van der Waals surface area contributed by atoms with Crippen molar-refractivity contribution in [1.29, 1.82) is 0 Å². The summed E-state index contributed by atoms with van der Waals surface area (Å²) in [6, 6.07) is -0.314. The van der Waals surface area contributed by atoms with Gasteiger partial charge in [0, 0.05) is 6.54 Å². The maximum atomic E-state index is 11.4. The van der Waals surface area contributed by atoms with Gasteiger partial charge in [-0.05, 0) is 52.0 Å². The third-order valence-electron chi connectivity index (χ3n) is 4.68. The second kappa shape index (κ2) is 5.80. The Labute approximate surface area is 116 Å². The van der Waals surface area contributed by atoms with Crippen molar-refractivity contribution < 1.29 is 14.6 Å². The van der Waals surface area contributed by atoms with Gasteiger partial charge in [-0.1, -0.05) is 13.3 Å². The summed E-state index contributed by atoms with van der Waals surface area (Å²) in [5.41, 5.74) is -0.0366. The molecule has 3 atom stereocenters. The summed E-state index contributed by atoms with van der Waals surface area (Å²) in [6.45, 7) is 8.06. The Kier molecular flexibility index (Phi) is 4.51. The highest BCUT2D eigenvalue weighted by Gasteiger charge is 2.37. The molecule has 2 saturated heterocycles. The van der Waals surface area contributed by atoms with E-state index < -0.39 is 5.97 Å². The van der Waals surface area contributed by atoms with Crippen LogP contribution in [0, 0.1) is 5.92 Å². The molecule has 19 heavy (non-hydrogen) atoms.